The van der Waals surface area contributed by atoms with E-state index in [0.717, 1.165) is 6.42 Å². The van der Waals surface area contributed by atoms with E-state index in [0.29, 0.717) is 29.7 Å². The zero-order valence-electron chi connectivity index (χ0n) is 13.7. The Hall–Kier alpha value is -2.74. The first-order chi connectivity index (χ1) is 11.5. The van der Waals surface area contributed by atoms with Gasteiger partial charge in [0.05, 0.1) is 22.5 Å². The van der Waals surface area contributed by atoms with Gasteiger partial charge in [0.2, 0.25) is 5.91 Å². The average molecular weight is 332 g/mol. The number of amides is 1. The van der Waals surface area contributed by atoms with Crippen LogP contribution in [0.15, 0.2) is 30.5 Å². The first kappa shape index (κ1) is 17.6. The summed E-state index contributed by atoms with van der Waals surface area (Å²) >= 11 is 0. The number of nitrogens with one attached hydrogen (secondary N) is 1. The van der Waals surface area contributed by atoms with Crippen LogP contribution in [0, 0.1) is 10.1 Å². The summed E-state index contributed by atoms with van der Waals surface area (Å²) in [6, 6.07) is 6.36. The third-order valence-electron chi connectivity index (χ3n) is 3.56. The first-order valence-corrected chi connectivity index (χ1v) is 7.53. The van der Waals surface area contributed by atoms with Crippen LogP contribution in [0.25, 0.3) is 10.9 Å². The van der Waals surface area contributed by atoms with Gasteiger partial charge in [-0.05, 0) is 24.6 Å². The maximum atomic E-state index is 12.0. The molecule has 8 nitrogen and oxygen atoms in total. The van der Waals surface area contributed by atoms with E-state index >= 15 is 0 Å². The number of fused-ring (bicyclic) bond motifs is 1. The zero-order chi connectivity index (χ0) is 17.5. The highest BCUT2D eigenvalue weighted by molar-refractivity contribution is 5.98. The Labute approximate surface area is 139 Å². The van der Waals surface area contributed by atoms with E-state index in [9.17, 15) is 14.9 Å². The van der Waals surface area contributed by atoms with Crippen molar-refractivity contribution in [3.05, 3.63) is 40.6 Å². The third kappa shape index (κ3) is 4.17. The topological polar surface area (TPSA) is 97.6 Å². The van der Waals surface area contributed by atoms with Crippen LogP contribution < -0.4 is 10.2 Å². The second-order valence-corrected chi connectivity index (χ2v) is 5.31. The number of aromatic nitrogens is 1. The Morgan fingerprint density at radius 1 is 1.42 bits per heavy atom. The van der Waals surface area contributed by atoms with Crippen molar-refractivity contribution in [1.82, 2.24) is 10.3 Å². The monoisotopic (exact) mass is 332 g/mol. The summed E-state index contributed by atoms with van der Waals surface area (Å²) in [6.07, 6.45) is 2.32. The minimum atomic E-state index is -0.434. The maximum Gasteiger partial charge on any atom is 0.278 e. The highest BCUT2D eigenvalue weighted by atomic mass is 16.6. The molecule has 8 heteroatoms. The number of carbonyl (C=O) groups is 1. The van der Waals surface area contributed by atoms with Gasteiger partial charge in [0.25, 0.3) is 5.69 Å². The molecule has 0 atom stereocenters. The number of ether oxygens (including phenoxy) is 1. The molecule has 0 aliphatic carbocycles. The fourth-order valence-corrected chi connectivity index (χ4v) is 2.41. The van der Waals surface area contributed by atoms with Gasteiger partial charge >= 0.3 is 0 Å². The molecule has 0 aliphatic rings. The molecule has 0 unspecified atom stereocenters. The number of nitro groups is 1. The van der Waals surface area contributed by atoms with Crippen LogP contribution in [0.1, 0.15) is 6.42 Å². The molecule has 0 saturated heterocycles. The summed E-state index contributed by atoms with van der Waals surface area (Å²) in [5, 5.41) is 14.4. The molecule has 0 saturated carbocycles. The second-order valence-electron chi connectivity index (χ2n) is 5.31. The fourth-order valence-electron chi connectivity index (χ4n) is 2.41. The Morgan fingerprint density at radius 2 is 2.21 bits per heavy atom. The van der Waals surface area contributed by atoms with Crippen molar-refractivity contribution >= 4 is 28.2 Å². The SMILES string of the molecule is COCCCNC(=O)CN(C)c1ccc([N+](=O)[O-])c2cccnc12. The largest absolute Gasteiger partial charge is 0.385 e. The lowest BCUT2D eigenvalue weighted by Gasteiger charge is -2.20. The molecule has 128 valence electrons. The molecule has 2 aromatic rings. The van der Waals surface area contributed by atoms with Gasteiger partial charge in [-0.3, -0.25) is 19.9 Å². The predicted molar refractivity (Wildman–Crippen MR) is 91.2 cm³/mol. The van der Waals surface area contributed by atoms with Crippen LogP contribution in [0.5, 0.6) is 0 Å². The fraction of sp³-hybridized carbons (Fsp3) is 0.375. The first-order valence-electron chi connectivity index (χ1n) is 7.53. The molecule has 1 N–H and O–H groups in total. The number of nitrogens with zero attached hydrogens (tertiary/aromatic N) is 3. The molecule has 0 aliphatic heterocycles. The maximum absolute atomic E-state index is 12.0. The highest BCUT2D eigenvalue weighted by Crippen LogP contribution is 2.31. The molecule has 1 aromatic heterocycles. The van der Waals surface area contributed by atoms with Gasteiger partial charge in [-0.2, -0.15) is 0 Å². The lowest BCUT2D eigenvalue weighted by atomic mass is 10.1. The number of pyridine rings is 1. The molecule has 1 amide bonds. The summed E-state index contributed by atoms with van der Waals surface area (Å²) in [4.78, 5) is 28.7. The van der Waals surface area contributed by atoms with E-state index in [1.54, 1.807) is 43.5 Å². The smallest absolute Gasteiger partial charge is 0.278 e. The minimum absolute atomic E-state index is 0.000679. The Kier molecular flexibility index (Phi) is 6.02. The number of anilines is 1. The Bertz CT molecular complexity index is 735. The number of methoxy groups -OCH3 is 1. The molecule has 2 rings (SSSR count). The number of nitro benzene ring substituents is 1. The van der Waals surface area contributed by atoms with Crippen molar-refractivity contribution in [2.45, 2.75) is 6.42 Å². The van der Waals surface area contributed by atoms with Crippen molar-refractivity contribution in [2.24, 2.45) is 0 Å². The van der Waals surface area contributed by atoms with E-state index < -0.39 is 4.92 Å². The van der Waals surface area contributed by atoms with Gasteiger partial charge in [-0.25, -0.2) is 0 Å². The van der Waals surface area contributed by atoms with E-state index in [-0.39, 0.29) is 18.1 Å². The van der Waals surface area contributed by atoms with Crippen molar-refractivity contribution in [1.29, 1.82) is 0 Å². The molecule has 1 heterocycles. The van der Waals surface area contributed by atoms with Gasteiger partial charge in [0.1, 0.15) is 5.52 Å². The van der Waals surface area contributed by atoms with Crippen LogP contribution in [0.2, 0.25) is 0 Å². The lowest BCUT2D eigenvalue weighted by molar-refractivity contribution is -0.383. The molecule has 0 radical (unpaired) electrons. The zero-order valence-corrected chi connectivity index (χ0v) is 13.7. The summed E-state index contributed by atoms with van der Waals surface area (Å²) in [6.45, 7) is 1.27. The van der Waals surface area contributed by atoms with Crippen molar-refractivity contribution < 1.29 is 14.5 Å². The number of benzene rings is 1. The molecule has 0 bridgehead atoms. The minimum Gasteiger partial charge on any atom is -0.385 e. The molecule has 24 heavy (non-hydrogen) atoms. The van der Waals surface area contributed by atoms with Gasteiger partial charge in [-0.1, -0.05) is 0 Å². The summed E-state index contributed by atoms with van der Waals surface area (Å²) in [5.41, 5.74) is 1.17. The van der Waals surface area contributed by atoms with Gasteiger partial charge in [-0.15, -0.1) is 0 Å². The van der Waals surface area contributed by atoms with Crippen molar-refractivity contribution in [2.75, 3.05) is 38.8 Å². The van der Waals surface area contributed by atoms with Crippen molar-refractivity contribution in [3.63, 3.8) is 0 Å². The number of non-ortho nitro benzene ring substituents is 1. The molecule has 0 spiro atoms. The molecule has 0 fully saturated rings. The molecular formula is C16H20N4O4. The molecule has 1 aromatic carbocycles. The quantitative estimate of drug-likeness (QED) is 0.449. The summed E-state index contributed by atoms with van der Waals surface area (Å²) in [5.74, 6) is -0.129. The third-order valence-corrected chi connectivity index (χ3v) is 3.56. The summed E-state index contributed by atoms with van der Waals surface area (Å²) in [7, 11) is 3.37. The number of hydrogen-bond acceptors (Lipinski definition) is 6. The second kappa shape index (κ2) is 8.21. The standard InChI is InChI=1S/C16H20N4O4/c1-19(11-15(21)17-9-4-10-24-2)14-7-6-13(20(22)23)12-5-3-8-18-16(12)14/h3,5-8H,4,9-11H2,1-2H3,(H,17,21). The average Bonchev–Trinajstić information content (AvgIpc) is 2.57. The van der Waals surface area contributed by atoms with E-state index in [2.05, 4.69) is 10.3 Å². The van der Waals surface area contributed by atoms with Crippen LogP contribution >= 0.6 is 0 Å². The number of rotatable bonds is 8. The van der Waals surface area contributed by atoms with Crippen LogP contribution in [0.3, 0.4) is 0 Å². The van der Waals surface area contributed by atoms with Gasteiger partial charge in [0.15, 0.2) is 0 Å². The van der Waals surface area contributed by atoms with Crippen LogP contribution in [-0.2, 0) is 9.53 Å². The Balaban J connectivity index is 2.15. The van der Waals surface area contributed by atoms with E-state index in [1.165, 1.54) is 6.07 Å². The van der Waals surface area contributed by atoms with Gasteiger partial charge < -0.3 is 15.0 Å². The summed E-state index contributed by atoms with van der Waals surface area (Å²) < 4.78 is 4.93. The normalized spacial score (nSPS) is 10.6. The van der Waals surface area contributed by atoms with Crippen LogP contribution in [-0.4, -0.2) is 49.7 Å². The Morgan fingerprint density at radius 3 is 2.92 bits per heavy atom. The number of carbonyl (C=O) groups excluding carboxylic acids is 1. The molecular weight excluding hydrogens is 312 g/mol. The highest BCUT2D eigenvalue weighted by Gasteiger charge is 2.17. The van der Waals surface area contributed by atoms with E-state index in [1.807, 2.05) is 0 Å². The number of likely N-dealkylation sites (N-methyl/N-ethyl adjacent to an activating group) is 1. The number of hydrogen-bond donors (Lipinski definition) is 1. The van der Waals surface area contributed by atoms with Crippen LogP contribution in [0.4, 0.5) is 11.4 Å². The lowest BCUT2D eigenvalue weighted by Crippen LogP contribution is -2.36. The van der Waals surface area contributed by atoms with Gasteiger partial charge in [0, 0.05) is 39.6 Å². The van der Waals surface area contributed by atoms with Crippen molar-refractivity contribution in [3.8, 4) is 0 Å². The predicted octanol–water partition coefficient (Wildman–Crippen LogP) is 1.73. The van der Waals surface area contributed by atoms with E-state index in [4.69, 9.17) is 4.74 Å².